The fraction of sp³-hybridized carbons (Fsp3) is 0.600. The van der Waals surface area contributed by atoms with Crippen LogP contribution in [-0.2, 0) is 10.8 Å². The summed E-state index contributed by atoms with van der Waals surface area (Å²) in [5, 5.41) is 3.42. The Morgan fingerprint density at radius 1 is 1.11 bits per heavy atom. The summed E-state index contributed by atoms with van der Waals surface area (Å²) >= 11 is 0. The van der Waals surface area contributed by atoms with Crippen LogP contribution >= 0.6 is 0 Å². The van der Waals surface area contributed by atoms with Crippen molar-refractivity contribution in [1.82, 2.24) is 0 Å². The molecule has 2 nitrogen and oxygen atoms in total. The second-order valence-corrected chi connectivity index (χ2v) is 11.1. The number of hydrogen-bond donors (Lipinski definition) is 1. The van der Waals surface area contributed by atoms with Gasteiger partial charge in [0.05, 0.1) is 0 Å². The van der Waals surface area contributed by atoms with Crippen LogP contribution in [0.3, 0.4) is 0 Å². The molecule has 0 heterocycles. The van der Waals surface area contributed by atoms with Crippen molar-refractivity contribution in [2.75, 3.05) is 19.0 Å². The molecule has 0 amide bonds. The van der Waals surface area contributed by atoms with Gasteiger partial charge in [0.15, 0.2) is 8.32 Å². The Labute approximate surface area is 113 Å². The van der Waals surface area contributed by atoms with Crippen molar-refractivity contribution in [3.63, 3.8) is 0 Å². The smallest absolute Gasteiger partial charge is 0.191 e. The Kier molecular flexibility index (Phi) is 4.99. The minimum atomic E-state index is -1.59. The maximum Gasteiger partial charge on any atom is 0.191 e. The molecule has 18 heavy (non-hydrogen) atoms. The molecule has 1 rings (SSSR count). The number of anilines is 1. The molecule has 0 saturated heterocycles. The van der Waals surface area contributed by atoms with E-state index in [1.807, 2.05) is 7.05 Å². The Balaban J connectivity index is 2.46. The fourth-order valence-corrected chi connectivity index (χ4v) is 2.52. The molecule has 0 aliphatic heterocycles. The number of hydrogen-bond acceptors (Lipinski definition) is 2. The van der Waals surface area contributed by atoms with Gasteiger partial charge in [0, 0.05) is 19.3 Å². The molecule has 0 unspecified atom stereocenters. The lowest BCUT2D eigenvalue weighted by atomic mass is 10.1. The molecule has 3 heteroatoms. The summed E-state index contributed by atoms with van der Waals surface area (Å²) in [6.07, 6.45) is 0.997. The average Bonchev–Trinajstić information content (AvgIpc) is 2.28. The van der Waals surface area contributed by atoms with E-state index in [-0.39, 0.29) is 0 Å². The third-order valence-electron chi connectivity index (χ3n) is 3.90. The Bertz CT molecular complexity index is 365. The van der Waals surface area contributed by atoms with E-state index in [4.69, 9.17) is 4.43 Å². The van der Waals surface area contributed by atoms with Crippen molar-refractivity contribution in [2.24, 2.45) is 0 Å². The first-order valence-electron chi connectivity index (χ1n) is 6.67. The van der Waals surface area contributed by atoms with Crippen molar-refractivity contribution in [1.29, 1.82) is 0 Å². The predicted octanol–water partition coefficient (Wildman–Crippen LogP) is 4.29. The monoisotopic (exact) mass is 265 g/mol. The van der Waals surface area contributed by atoms with E-state index in [1.165, 1.54) is 5.56 Å². The van der Waals surface area contributed by atoms with Crippen LogP contribution in [0, 0.1) is 0 Å². The summed E-state index contributed by atoms with van der Waals surface area (Å²) in [4.78, 5) is 0. The highest BCUT2D eigenvalue weighted by Gasteiger charge is 2.36. The van der Waals surface area contributed by atoms with Crippen LogP contribution in [0.5, 0.6) is 0 Å². The number of nitrogens with one attached hydrogen (secondary N) is 1. The first-order valence-corrected chi connectivity index (χ1v) is 9.58. The number of benzene rings is 1. The van der Waals surface area contributed by atoms with E-state index in [9.17, 15) is 0 Å². The lowest BCUT2D eigenvalue weighted by molar-refractivity contribution is 0.292. The minimum absolute atomic E-state index is 0.295. The molecule has 0 fully saturated rings. The van der Waals surface area contributed by atoms with E-state index >= 15 is 0 Å². The standard InChI is InChI=1S/C15H27NOSi/c1-15(2,3)18(5,6)17-12-11-13-7-9-14(16-4)10-8-13/h7-10,16H,11-12H2,1-6H3. The molecule has 0 aliphatic rings. The van der Waals surface area contributed by atoms with Gasteiger partial charge in [-0.3, -0.25) is 0 Å². The Morgan fingerprint density at radius 3 is 2.11 bits per heavy atom. The molecule has 0 aromatic heterocycles. The quantitative estimate of drug-likeness (QED) is 0.802. The largest absolute Gasteiger partial charge is 0.416 e. The summed E-state index contributed by atoms with van der Waals surface area (Å²) in [5.74, 6) is 0. The summed E-state index contributed by atoms with van der Waals surface area (Å²) in [6, 6.07) is 8.56. The van der Waals surface area contributed by atoms with Crippen molar-refractivity contribution < 1.29 is 4.43 Å². The van der Waals surface area contributed by atoms with E-state index in [2.05, 4.69) is 63.4 Å². The molecule has 0 bridgehead atoms. The molecule has 1 N–H and O–H groups in total. The van der Waals surface area contributed by atoms with Crippen LogP contribution in [0.4, 0.5) is 5.69 Å². The van der Waals surface area contributed by atoms with Crippen LogP contribution in [0.1, 0.15) is 26.3 Å². The Morgan fingerprint density at radius 2 is 1.67 bits per heavy atom. The average molecular weight is 265 g/mol. The molecule has 0 radical (unpaired) electrons. The molecule has 0 spiro atoms. The summed E-state index contributed by atoms with van der Waals surface area (Å²) in [5.41, 5.74) is 2.50. The molecular formula is C15H27NOSi. The van der Waals surface area contributed by atoms with Gasteiger partial charge in [0.25, 0.3) is 0 Å². The van der Waals surface area contributed by atoms with Crippen LogP contribution in [0.2, 0.25) is 18.1 Å². The summed E-state index contributed by atoms with van der Waals surface area (Å²) in [6.45, 7) is 12.3. The zero-order valence-corrected chi connectivity index (χ0v) is 13.6. The fourth-order valence-electron chi connectivity index (χ4n) is 1.48. The van der Waals surface area contributed by atoms with E-state index < -0.39 is 8.32 Å². The van der Waals surface area contributed by atoms with Gasteiger partial charge in [0.2, 0.25) is 0 Å². The number of rotatable bonds is 5. The normalized spacial score (nSPS) is 12.6. The molecular weight excluding hydrogens is 238 g/mol. The highest BCUT2D eigenvalue weighted by Crippen LogP contribution is 2.36. The van der Waals surface area contributed by atoms with E-state index in [0.29, 0.717) is 5.04 Å². The van der Waals surface area contributed by atoms with Gasteiger partial charge in [0.1, 0.15) is 0 Å². The van der Waals surface area contributed by atoms with Gasteiger partial charge in [-0.15, -0.1) is 0 Å². The lowest BCUT2D eigenvalue weighted by Gasteiger charge is -2.36. The van der Waals surface area contributed by atoms with Crippen LogP contribution in [-0.4, -0.2) is 22.0 Å². The van der Waals surface area contributed by atoms with Gasteiger partial charge < -0.3 is 9.74 Å². The summed E-state index contributed by atoms with van der Waals surface area (Å²) < 4.78 is 6.18. The zero-order chi connectivity index (χ0) is 13.8. The maximum absolute atomic E-state index is 6.18. The van der Waals surface area contributed by atoms with Crippen LogP contribution in [0.15, 0.2) is 24.3 Å². The Hall–Kier alpha value is -0.803. The third kappa shape index (κ3) is 4.14. The zero-order valence-electron chi connectivity index (χ0n) is 12.6. The lowest BCUT2D eigenvalue weighted by Crippen LogP contribution is -2.41. The van der Waals surface area contributed by atoms with Gasteiger partial charge in [-0.05, 0) is 42.2 Å². The van der Waals surface area contributed by atoms with Gasteiger partial charge in [-0.2, -0.15) is 0 Å². The molecule has 0 aliphatic carbocycles. The highest BCUT2D eigenvalue weighted by atomic mass is 28.4. The third-order valence-corrected chi connectivity index (χ3v) is 8.44. The second-order valence-electron chi connectivity index (χ2n) is 6.31. The summed E-state index contributed by atoms with van der Waals surface area (Å²) in [7, 11) is 0.351. The second kappa shape index (κ2) is 5.89. The topological polar surface area (TPSA) is 21.3 Å². The first-order chi connectivity index (χ1) is 8.26. The van der Waals surface area contributed by atoms with Crippen molar-refractivity contribution in [3.05, 3.63) is 29.8 Å². The van der Waals surface area contributed by atoms with Crippen molar-refractivity contribution in [3.8, 4) is 0 Å². The van der Waals surface area contributed by atoms with Crippen LogP contribution < -0.4 is 5.32 Å². The maximum atomic E-state index is 6.18. The minimum Gasteiger partial charge on any atom is -0.416 e. The molecule has 1 aromatic carbocycles. The van der Waals surface area contributed by atoms with Crippen LogP contribution in [0.25, 0.3) is 0 Å². The first kappa shape index (κ1) is 15.3. The van der Waals surface area contributed by atoms with E-state index in [1.54, 1.807) is 0 Å². The van der Waals surface area contributed by atoms with E-state index in [0.717, 1.165) is 18.7 Å². The van der Waals surface area contributed by atoms with Gasteiger partial charge >= 0.3 is 0 Å². The highest BCUT2D eigenvalue weighted by molar-refractivity contribution is 6.74. The molecule has 0 atom stereocenters. The van der Waals surface area contributed by atoms with Crippen molar-refractivity contribution >= 4 is 14.0 Å². The SMILES string of the molecule is CNc1ccc(CCO[Si](C)(C)C(C)(C)C)cc1. The van der Waals surface area contributed by atoms with Gasteiger partial charge in [-0.25, -0.2) is 0 Å². The molecule has 102 valence electrons. The molecule has 1 aromatic rings. The molecule has 0 saturated carbocycles. The van der Waals surface area contributed by atoms with Gasteiger partial charge in [-0.1, -0.05) is 32.9 Å². The predicted molar refractivity (Wildman–Crippen MR) is 82.8 cm³/mol. The van der Waals surface area contributed by atoms with Crippen molar-refractivity contribution in [2.45, 2.75) is 45.3 Å².